The van der Waals surface area contributed by atoms with Crippen LogP contribution in [0.3, 0.4) is 0 Å². The molecule has 1 aliphatic rings. The molecule has 1 heterocycles. The van der Waals surface area contributed by atoms with Gasteiger partial charge in [0.25, 0.3) is 0 Å². The van der Waals surface area contributed by atoms with E-state index in [-0.39, 0.29) is 5.91 Å². The first-order valence-electron chi connectivity index (χ1n) is 7.05. The SMILES string of the molecule is CCCN(CC1CCNCC1)C(=O)COCC(F)(F)F. The Morgan fingerprint density at radius 3 is 2.55 bits per heavy atom. The summed E-state index contributed by atoms with van der Waals surface area (Å²) in [7, 11) is 0. The molecule has 0 radical (unpaired) electrons. The minimum Gasteiger partial charge on any atom is -0.362 e. The zero-order valence-electron chi connectivity index (χ0n) is 11.8. The quantitative estimate of drug-likeness (QED) is 0.779. The van der Waals surface area contributed by atoms with E-state index in [1.165, 1.54) is 0 Å². The number of nitrogens with zero attached hydrogens (tertiary/aromatic N) is 1. The van der Waals surface area contributed by atoms with E-state index in [4.69, 9.17) is 0 Å². The highest BCUT2D eigenvalue weighted by Gasteiger charge is 2.28. The van der Waals surface area contributed by atoms with Gasteiger partial charge in [-0.1, -0.05) is 6.92 Å². The Morgan fingerprint density at radius 2 is 2.00 bits per heavy atom. The van der Waals surface area contributed by atoms with Gasteiger partial charge in [-0.2, -0.15) is 13.2 Å². The summed E-state index contributed by atoms with van der Waals surface area (Å²) in [5, 5.41) is 3.25. The van der Waals surface area contributed by atoms with Crippen molar-refractivity contribution >= 4 is 5.91 Å². The number of alkyl halides is 3. The first kappa shape index (κ1) is 17.2. The molecule has 0 aliphatic carbocycles. The van der Waals surface area contributed by atoms with Gasteiger partial charge in [-0.25, -0.2) is 0 Å². The first-order valence-corrected chi connectivity index (χ1v) is 7.05. The van der Waals surface area contributed by atoms with Crippen LogP contribution in [0, 0.1) is 5.92 Å². The van der Waals surface area contributed by atoms with Crippen molar-refractivity contribution in [2.75, 3.05) is 39.4 Å². The van der Waals surface area contributed by atoms with Crippen molar-refractivity contribution in [3.05, 3.63) is 0 Å². The minimum atomic E-state index is -4.38. The van der Waals surface area contributed by atoms with Crippen LogP contribution in [-0.2, 0) is 9.53 Å². The van der Waals surface area contributed by atoms with Gasteiger partial charge in [-0.05, 0) is 38.3 Å². The highest BCUT2D eigenvalue weighted by molar-refractivity contribution is 5.77. The third kappa shape index (κ3) is 7.09. The molecule has 0 aromatic heterocycles. The fraction of sp³-hybridized carbons (Fsp3) is 0.923. The molecular weight excluding hydrogens is 273 g/mol. The first-order chi connectivity index (χ1) is 9.42. The molecule has 1 rings (SSSR count). The number of piperidine rings is 1. The van der Waals surface area contributed by atoms with Crippen molar-refractivity contribution in [3.8, 4) is 0 Å². The largest absolute Gasteiger partial charge is 0.411 e. The Labute approximate surface area is 117 Å². The van der Waals surface area contributed by atoms with Gasteiger partial charge in [0.1, 0.15) is 13.2 Å². The second kappa shape index (κ2) is 8.46. The molecule has 1 N–H and O–H groups in total. The lowest BCUT2D eigenvalue weighted by atomic mass is 9.97. The van der Waals surface area contributed by atoms with Gasteiger partial charge in [0.05, 0.1) is 0 Å². The summed E-state index contributed by atoms with van der Waals surface area (Å²) in [6.07, 6.45) is -1.60. The molecular formula is C13H23F3N2O2. The number of nitrogens with one attached hydrogen (secondary N) is 1. The molecule has 1 fully saturated rings. The van der Waals surface area contributed by atoms with Crippen LogP contribution in [0.25, 0.3) is 0 Å². The molecule has 0 saturated carbocycles. The predicted octanol–water partition coefficient (Wildman–Crippen LogP) is 1.80. The highest BCUT2D eigenvalue weighted by atomic mass is 19.4. The predicted molar refractivity (Wildman–Crippen MR) is 69.3 cm³/mol. The molecule has 0 aromatic rings. The van der Waals surface area contributed by atoms with E-state index >= 15 is 0 Å². The topological polar surface area (TPSA) is 41.6 Å². The van der Waals surface area contributed by atoms with Gasteiger partial charge in [-0.3, -0.25) is 4.79 Å². The van der Waals surface area contributed by atoms with E-state index in [1.54, 1.807) is 4.90 Å². The van der Waals surface area contributed by atoms with Gasteiger partial charge in [-0.15, -0.1) is 0 Å². The van der Waals surface area contributed by atoms with Crippen molar-refractivity contribution in [3.63, 3.8) is 0 Å². The number of ether oxygens (including phenoxy) is 1. The molecule has 1 amide bonds. The standard InChI is InChI=1S/C13H23F3N2O2/c1-2-7-18(8-11-3-5-17-6-4-11)12(19)9-20-10-13(14,15)16/h11,17H,2-10H2,1H3. The molecule has 0 unspecified atom stereocenters. The summed E-state index contributed by atoms with van der Waals surface area (Å²) < 4.78 is 40.4. The number of carbonyl (C=O) groups excluding carboxylic acids is 1. The van der Waals surface area contributed by atoms with E-state index in [0.29, 0.717) is 19.0 Å². The Bertz CT molecular complexity index is 292. The number of rotatable bonds is 7. The fourth-order valence-electron chi connectivity index (χ4n) is 2.31. The molecule has 0 atom stereocenters. The lowest BCUT2D eigenvalue weighted by Crippen LogP contribution is -2.41. The van der Waals surface area contributed by atoms with Crippen LogP contribution in [0.2, 0.25) is 0 Å². The van der Waals surface area contributed by atoms with Gasteiger partial charge in [0.2, 0.25) is 5.91 Å². The number of hydrogen-bond donors (Lipinski definition) is 1. The van der Waals surface area contributed by atoms with Crippen LogP contribution in [0.15, 0.2) is 0 Å². The minimum absolute atomic E-state index is 0.352. The highest BCUT2D eigenvalue weighted by Crippen LogP contribution is 2.16. The fourth-order valence-corrected chi connectivity index (χ4v) is 2.31. The summed E-state index contributed by atoms with van der Waals surface area (Å²) in [6.45, 7) is 3.13. The van der Waals surface area contributed by atoms with Gasteiger partial charge in [0.15, 0.2) is 0 Å². The van der Waals surface area contributed by atoms with E-state index in [9.17, 15) is 18.0 Å². The lowest BCUT2D eigenvalue weighted by Gasteiger charge is -2.30. The zero-order chi connectivity index (χ0) is 15.0. The van der Waals surface area contributed by atoms with Crippen molar-refractivity contribution in [2.24, 2.45) is 5.92 Å². The van der Waals surface area contributed by atoms with Crippen LogP contribution in [0.5, 0.6) is 0 Å². The van der Waals surface area contributed by atoms with E-state index in [0.717, 1.165) is 32.4 Å². The maximum Gasteiger partial charge on any atom is 0.411 e. The number of amides is 1. The third-order valence-corrected chi connectivity index (χ3v) is 3.27. The number of carbonyl (C=O) groups is 1. The Hall–Kier alpha value is -0.820. The smallest absolute Gasteiger partial charge is 0.362 e. The molecule has 4 nitrogen and oxygen atoms in total. The van der Waals surface area contributed by atoms with Crippen LogP contribution >= 0.6 is 0 Å². The zero-order valence-corrected chi connectivity index (χ0v) is 11.8. The Kier molecular flexibility index (Phi) is 7.29. The van der Waals surface area contributed by atoms with Gasteiger partial charge in [0, 0.05) is 13.1 Å². The van der Waals surface area contributed by atoms with E-state index in [2.05, 4.69) is 10.1 Å². The Balaban J connectivity index is 2.37. The van der Waals surface area contributed by atoms with Crippen LogP contribution < -0.4 is 5.32 Å². The third-order valence-electron chi connectivity index (χ3n) is 3.27. The molecule has 0 spiro atoms. The van der Waals surface area contributed by atoms with E-state index < -0.39 is 19.4 Å². The number of halogens is 3. The van der Waals surface area contributed by atoms with Crippen LogP contribution in [-0.4, -0.2) is 56.4 Å². The normalized spacial score (nSPS) is 17.2. The average molecular weight is 296 g/mol. The molecule has 1 saturated heterocycles. The monoisotopic (exact) mass is 296 g/mol. The molecule has 0 bridgehead atoms. The van der Waals surface area contributed by atoms with Crippen LogP contribution in [0.1, 0.15) is 26.2 Å². The molecule has 1 aliphatic heterocycles. The summed E-state index contributed by atoms with van der Waals surface area (Å²) in [6, 6.07) is 0. The summed E-state index contributed by atoms with van der Waals surface area (Å²) in [5.41, 5.74) is 0. The molecule has 20 heavy (non-hydrogen) atoms. The summed E-state index contributed by atoms with van der Waals surface area (Å²) in [4.78, 5) is 13.5. The van der Waals surface area contributed by atoms with Crippen molar-refractivity contribution in [1.82, 2.24) is 10.2 Å². The van der Waals surface area contributed by atoms with Gasteiger partial charge >= 0.3 is 6.18 Å². The molecule has 0 aromatic carbocycles. The molecule has 7 heteroatoms. The average Bonchev–Trinajstić information content (AvgIpc) is 2.38. The summed E-state index contributed by atoms with van der Waals surface area (Å²) >= 11 is 0. The Morgan fingerprint density at radius 1 is 1.35 bits per heavy atom. The summed E-state index contributed by atoms with van der Waals surface area (Å²) in [5.74, 6) is 0.0731. The van der Waals surface area contributed by atoms with Gasteiger partial charge < -0.3 is 15.0 Å². The van der Waals surface area contributed by atoms with E-state index in [1.807, 2.05) is 6.92 Å². The van der Waals surface area contributed by atoms with Crippen molar-refractivity contribution in [1.29, 1.82) is 0 Å². The maximum atomic E-state index is 12.0. The second-order valence-corrected chi connectivity index (χ2v) is 5.14. The maximum absolute atomic E-state index is 12.0. The molecule has 118 valence electrons. The lowest BCUT2D eigenvalue weighted by molar-refractivity contribution is -0.178. The second-order valence-electron chi connectivity index (χ2n) is 5.14. The van der Waals surface area contributed by atoms with Crippen molar-refractivity contribution < 1.29 is 22.7 Å². The number of hydrogen-bond acceptors (Lipinski definition) is 3. The van der Waals surface area contributed by atoms with Crippen LogP contribution in [0.4, 0.5) is 13.2 Å². The van der Waals surface area contributed by atoms with Crippen molar-refractivity contribution in [2.45, 2.75) is 32.4 Å².